The number of hydrogen-bond acceptors (Lipinski definition) is 2. The molecule has 2 aliphatic heterocycles. The maximum Gasteiger partial charge on any atom is 0.303 e. The molecule has 1 amide bonds. The quantitative estimate of drug-likeness (QED) is 0.825. The van der Waals surface area contributed by atoms with Crippen LogP contribution < -0.4 is 9.80 Å². The first kappa shape index (κ1) is 13.8. The highest BCUT2D eigenvalue weighted by molar-refractivity contribution is 9.10. The number of anilines is 1. The topological polar surface area (TPSA) is 41.8 Å². The first-order valence-electron chi connectivity index (χ1n) is 7.06. The van der Waals surface area contributed by atoms with Crippen LogP contribution in [0.2, 0.25) is 0 Å². The van der Waals surface area contributed by atoms with Gasteiger partial charge in [-0.3, -0.25) is 14.5 Å². The molecular weight excluding hydrogens is 320 g/mol. The summed E-state index contributed by atoms with van der Waals surface area (Å²) in [7, 11) is 0. The van der Waals surface area contributed by atoms with E-state index in [4.69, 9.17) is 0 Å². The normalized spacial score (nSPS) is 26.0. The summed E-state index contributed by atoms with van der Waals surface area (Å²) in [4.78, 5) is 27.3. The maximum atomic E-state index is 12.2. The molecule has 0 saturated carbocycles. The predicted molar refractivity (Wildman–Crippen MR) is 79.9 cm³/mol. The van der Waals surface area contributed by atoms with Crippen LogP contribution in [0.5, 0.6) is 0 Å². The number of piperidine rings is 1. The summed E-state index contributed by atoms with van der Waals surface area (Å²) >= 11 is 3.46. The Bertz CT molecular complexity index is 565. The Hall–Kier alpha value is -1.20. The van der Waals surface area contributed by atoms with Crippen LogP contribution in [-0.4, -0.2) is 31.4 Å². The van der Waals surface area contributed by atoms with Crippen molar-refractivity contribution in [2.75, 3.05) is 24.7 Å². The van der Waals surface area contributed by atoms with Gasteiger partial charge in [-0.1, -0.05) is 13.0 Å². The van der Waals surface area contributed by atoms with Crippen LogP contribution >= 0.6 is 15.9 Å². The van der Waals surface area contributed by atoms with Gasteiger partial charge in [0.25, 0.3) is 5.78 Å². The lowest BCUT2D eigenvalue weighted by Crippen LogP contribution is -3.14. The van der Waals surface area contributed by atoms with E-state index in [-0.39, 0.29) is 5.78 Å². The summed E-state index contributed by atoms with van der Waals surface area (Å²) in [6, 6.07) is 5.41. The van der Waals surface area contributed by atoms with Gasteiger partial charge in [0, 0.05) is 4.47 Å². The predicted octanol–water partition coefficient (Wildman–Crippen LogP) is 1.25. The van der Waals surface area contributed by atoms with E-state index in [0.29, 0.717) is 12.2 Å². The number of hydrogen-bond donors (Lipinski definition) is 1. The molecule has 0 aliphatic carbocycles. The van der Waals surface area contributed by atoms with Gasteiger partial charge < -0.3 is 4.90 Å². The molecule has 1 aromatic rings. The number of para-hydroxylation sites is 1. The zero-order chi connectivity index (χ0) is 14.3. The summed E-state index contributed by atoms with van der Waals surface area (Å²) < 4.78 is 0.818. The Morgan fingerprint density at radius 3 is 2.70 bits per heavy atom. The average Bonchev–Trinajstić information content (AvgIpc) is 2.68. The second-order valence-electron chi connectivity index (χ2n) is 5.79. The number of likely N-dealkylation sites (tertiary alicyclic amines) is 1. The number of carbonyl (C=O) groups excluding carboxylic acids is 2. The summed E-state index contributed by atoms with van der Waals surface area (Å²) in [5, 5.41) is 0. The molecule has 1 aromatic carbocycles. The lowest BCUT2D eigenvalue weighted by Gasteiger charge is -2.30. The summed E-state index contributed by atoms with van der Waals surface area (Å²) in [5.41, 5.74) is 1.27. The molecule has 0 aromatic heterocycles. The molecule has 5 heteroatoms. The molecule has 1 N–H and O–H groups in total. The van der Waals surface area contributed by atoms with Gasteiger partial charge in [-0.2, -0.15) is 0 Å². The highest BCUT2D eigenvalue weighted by Crippen LogP contribution is 2.35. The third-order valence-corrected chi connectivity index (χ3v) is 4.94. The van der Waals surface area contributed by atoms with Gasteiger partial charge in [-0.25, -0.2) is 0 Å². The lowest BCUT2D eigenvalue weighted by molar-refractivity contribution is -0.904. The largest absolute Gasteiger partial charge is 0.317 e. The number of quaternary nitrogens is 1. The number of nitrogens with zero attached hydrogens (tertiary/aromatic N) is 1. The highest BCUT2D eigenvalue weighted by atomic mass is 79.9. The van der Waals surface area contributed by atoms with Crippen LogP contribution in [0, 0.1) is 5.92 Å². The number of halogens is 1. The van der Waals surface area contributed by atoms with Crippen molar-refractivity contribution in [1.82, 2.24) is 0 Å². The molecule has 20 heavy (non-hydrogen) atoms. The van der Waals surface area contributed by atoms with Gasteiger partial charge in [-0.05, 0) is 46.8 Å². The Kier molecular flexibility index (Phi) is 3.65. The molecule has 0 radical (unpaired) electrons. The fourth-order valence-corrected chi connectivity index (χ4v) is 3.60. The van der Waals surface area contributed by atoms with Crippen molar-refractivity contribution < 1.29 is 14.5 Å². The molecular formula is C15H18BrN2O2+. The Balaban J connectivity index is 1.84. The molecule has 4 nitrogen and oxygen atoms in total. The van der Waals surface area contributed by atoms with Crippen molar-refractivity contribution >= 4 is 33.3 Å². The maximum absolute atomic E-state index is 12.2. The molecule has 106 valence electrons. The minimum Gasteiger partial charge on any atom is -0.317 e. The number of Topliss-reactive ketones (excluding diaryl/α,β-unsaturated/α-hetero) is 1. The smallest absolute Gasteiger partial charge is 0.303 e. The van der Waals surface area contributed by atoms with Crippen LogP contribution in [0.25, 0.3) is 0 Å². The number of fused-ring (bicyclic) bond motifs is 1. The van der Waals surface area contributed by atoms with Crippen molar-refractivity contribution in [2.45, 2.75) is 19.8 Å². The Labute approximate surface area is 126 Å². The lowest BCUT2D eigenvalue weighted by atomic mass is 10.00. The molecule has 0 atom stereocenters. The van der Waals surface area contributed by atoms with Crippen LogP contribution in [0.3, 0.4) is 0 Å². The highest BCUT2D eigenvalue weighted by Gasteiger charge is 2.39. The van der Waals surface area contributed by atoms with Gasteiger partial charge in [0.05, 0.1) is 24.3 Å². The molecule has 3 rings (SSSR count). The molecule has 0 unspecified atom stereocenters. The van der Waals surface area contributed by atoms with Crippen LogP contribution in [-0.2, 0) is 4.79 Å². The minimum atomic E-state index is -0.391. The Morgan fingerprint density at radius 2 is 2.00 bits per heavy atom. The van der Waals surface area contributed by atoms with Gasteiger partial charge in [0.15, 0.2) is 6.67 Å². The van der Waals surface area contributed by atoms with Crippen molar-refractivity contribution in [3.05, 3.63) is 28.2 Å². The van der Waals surface area contributed by atoms with Crippen LogP contribution in [0.15, 0.2) is 22.7 Å². The first-order valence-corrected chi connectivity index (χ1v) is 7.85. The van der Waals surface area contributed by atoms with E-state index in [9.17, 15) is 9.59 Å². The summed E-state index contributed by atoms with van der Waals surface area (Å²) in [6.07, 6.45) is 2.38. The standard InChI is InChI=1S/C15H17BrN2O2/c1-10-5-7-17(8-6-10)9-18-13-11(14(19)15(18)20)3-2-4-12(13)16/h2-4,10H,5-9H2,1H3/p+1. The minimum absolute atomic E-state index is 0.383. The fourth-order valence-electron chi connectivity index (χ4n) is 3.02. The van der Waals surface area contributed by atoms with Gasteiger partial charge in [0.2, 0.25) is 0 Å². The van der Waals surface area contributed by atoms with E-state index < -0.39 is 5.91 Å². The third kappa shape index (κ3) is 2.29. The van der Waals surface area contributed by atoms with Gasteiger partial charge >= 0.3 is 5.91 Å². The Morgan fingerprint density at radius 1 is 1.30 bits per heavy atom. The number of benzene rings is 1. The van der Waals surface area contributed by atoms with E-state index in [2.05, 4.69) is 22.9 Å². The van der Waals surface area contributed by atoms with E-state index in [1.165, 1.54) is 17.7 Å². The number of amides is 1. The summed E-state index contributed by atoms with van der Waals surface area (Å²) in [6.45, 7) is 5.00. The van der Waals surface area contributed by atoms with Gasteiger partial charge in [-0.15, -0.1) is 0 Å². The molecule has 2 aliphatic rings. The van der Waals surface area contributed by atoms with Gasteiger partial charge in [0.1, 0.15) is 0 Å². The fraction of sp³-hybridized carbons (Fsp3) is 0.467. The van der Waals surface area contributed by atoms with Crippen molar-refractivity contribution in [2.24, 2.45) is 5.92 Å². The third-order valence-electron chi connectivity index (χ3n) is 4.30. The van der Waals surface area contributed by atoms with E-state index in [1.807, 2.05) is 6.07 Å². The number of ketones is 1. The summed E-state index contributed by atoms with van der Waals surface area (Å²) in [5.74, 6) is -0.00205. The zero-order valence-corrected chi connectivity index (χ0v) is 13.1. The second-order valence-corrected chi connectivity index (χ2v) is 6.64. The number of rotatable bonds is 2. The van der Waals surface area contributed by atoms with Crippen molar-refractivity contribution in [3.8, 4) is 0 Å². The second kappa shape index (κ2) is 5.30. The monoisotopic (exact) mass is 337 g/mol. The molecule has 0 bridgehead atoms. The van der Waals surface area contributed by atoms with Crippen molar-refractivity contribution in [1.29, 1.82) is 0 Å². The van der Waals surface area contributed by atoms with E-state index in [0.717, 1.165) is 29.2 Å². The first-order chi connectivity index (χ1) is 9.58. The molecule has 2 heterocycles. The number of carbonyl (C=O) groups is 2. The number of nitrogens with one attached hydrogen (secondary N) is 1. The van der Waals surface area contributed by atoms with Crippen LogP contribution in [0.1, 0.15) is 30.1 Å². The average molecular weight is 338 g/mol. The van der Waals surface area contributed by atoms with E-state index in [1.54, 1.807) is 17.0 Å². The molecule has 0 spiro atoms. The van der Waals surface area contributed by atoms with E-state index >= 15 is 0 Å². The SMILES string of the molecule is CC1CC[NH+](CN2C(=O)C(=O)c3cccc(Br)c32)CC1. The van der Waals surface area contributed by atoms with Crippen LogP contribution in [0.4, 0.5) is 5.69 Å². The molecule has 1 fully saturated rings. The van der Waals surface area contributed by atoms with Crippen molar-refractivity contribution in [3.63, 3.8) is 0 Å². The zero-order valence-electron chi connectivity index (χ0n) is 11.5. The molecule has 1 saturated heterocycles.